The molecule has 0 aliphatic rings. The third-order valence-corrected chi connectivity index (χ3v) is 3.31. The molecule has 0 heterocycles. The number of nitrogens with two attached hydrogens (primary N) is 1. The van der Waals surface area contributed by atoms with E-state index in [-0.39, 0.29) is 18.3 Å². The highest BCUT2D eigenvalue weighted by Crippen LogP contribution is 2.10. The second-order valence-electron chi connectivity index (χ2n) is 5.07. The highest BCUT2D eigenvalue weighted by atomic mass is 19.1. The zero-order valence-electron chi connectivity index (χ0n) is 12.0. The lowest BCUT2D eigenvalue weighted by molar-refractivity contribution is -0.120. The van der Waals surface area contributed by atoms with Crippen molar-refractivity contribution in [3.8, 4) is 0 Å². The SMILES string of the molecule is Cc1ccc(CC(=O)NCc2ccc(CN)cc2F)cc1. The number of hydrogen-bond donors (Lipinski definition) is 2. The molecule has 2 aromatic rings. The summed E-state index contributed by atoms with van der Waals surface area (Å²) >= 11 is 0. The van der Waals surface area contributed by atoms with E-state index < -0.39 is 0 Å². The lowest BCUT2D eigenvalue weighted by Crippen LogP contribution is -2.25. The van der Waals surface area contributed by atoms with Gasteiger partial charge in [-0.3, -0.25) is 4.79 Å². The van der Waals surface area contributed by atoms with Gasteiger partial charge in [0.2, 0.25) is 5.91 Å². The number of benzene rings is 2. The van der Waals surface area contributed by atoms with Gasteiger partial charge in [0.1, 0.15) is 5.82 Å². The lowest BCUT2D eigenvalue weighted by atomic mass is 10.1. The van der Waals surface area contributed by atoms with Crippen LogP contribution in [0.3, 0.4) is 0 Å². The first kappa shape index (κ1) is 15.2. The number of carbonyl (C=O) groups excluding carboxylic acids is 1. The van der Waals surface area contributed by atoms with Crippen LogP contribution >= 0.6 is 0 Å². The van der Waals surface area contributed by atoms with Crippen molar-refractivity contribution in [3.63, 3.8) is 0 Å². The zero-order chi connectivity index (χ0) is 15.2. The van der Waals surface area contributed by atoms with E-state index in [0.717, 1.165) is 16.7 Å². The fourth-order valence-electron chi connectivity index (χ4n) is 2.01. The maximum Gasteiger partial charge on any atom is 0.224 e. The fourth-order valence-corrected chi connectivity index (χ4v) is 2.01. The molecule has 0 spiro atoms. The van der Waals surface area contributed by atoms with E-state index >= 15 is 0 Å². The van der Waals surface area contributed by atoms with Crippen LogP contribution in [0.15, 0.2) is 42.5 Å². The van der Waals surface area contributed by atoms with Crippen molar-refractivity contribution in [1.29, 1.82) is 0 Å². The van der Waals surface area contributed by atoms with Gasteiger partial charge in [-0.1, -0.05) is 42.0 Å². The molecule has 0 aromatic heterocycles. The maximum absolute atomic E-state index is 13.8. The van der Waals surface area contributed by atoms with Crippen LogP contribution in [0.25, 0.3) is 0 Å². The number of halogens is 1. The predicted molar refractivity (Wildman–Crippen MR) is 81.0 cm³/mol. The molecular weight excluding hydrogens is 267 g/mol. The van der Waals surface area contributed by atoms with Crippen molar-refractivity contribution in [3.05, 3.63) is 70.5 Å². The van der Waals surface area contributed by atoms with Crippen molar-refractivity contribution in [1.82, 2.24) is 5.32 Å². The molecule has 3 nitrogen and oxygen atoms in total. The van der Waals surface area contributed by atoms with E-state index in [4.69, 9.17) is 5.73 Å². The molecular formula is C17H19FN2O. The second-order valence-corrected chi connectivity index (χ2v) is 5.07. The van der Waals surface area contributed by atoms with Crippen molar-refractivity contribution in [2.75, 3.05) is 0 Å². The van der Waals surface area contributed by atoms with Crippen LogP contribution in [-0.2, 0) is 24.3 Å². The van der Waals surface area contributed by atoms with E-state index in [0.29, 0.717) is 18.5 Å². The number of rotatable bonds is 5. The molecule has 0 saturated heterocycles. The van der Waals surface area contributed by atoms with Crippen LogP contribution in [0.1, 0.15) is 22.3 Å². The van der Waals surface area contributed by atoms with Gasteiger partial charge in [-0.05, 0) is 24.1 Å². The number of hydrogen-bond acceptors (Lipinski definition) is 2. The number of nitrogens with one attached hydrogen (secondary N) is 1. The van der Waals surface area contributed by atoms with E-state index in [9.17, 15) is 9.18 Å². The lowest BCUT2D eigenvalue weighted by Gasteiger charge is -2.08. The van der Waals surface area contributed by atoms with Gasteiger partial charge < -0.3 is 11.1 Å². The Kier molecular flexibility index (Phi) is 5.06. The molecule has 2 aromatic carbocycles. The molecule has 0 saturated carbocycles. The van der Waals surface area contributed by atoms with Crippen LogP contribution < -0.4 is 11.1 Å². The molecule has 110 valence electrons. The summed E-state index contributed by atoms with van der Waals surface area (Å²) in [6.45, 7) is 2.48. The highest BCUT2D eigenvalue weighted by Gasteiger charge is 2.06. The van der Waals surface area contributed by atoms with Crippen LogP contribution in [0.2, 0.25) is 0 Å². The van der Waals surface area contributed by atoms with E-state index in [1.165, 1.54) is 6.07 Å². The molecule has 2 rings (SSSR count). The topological polar surface area (TPSA) is 55.1 Å². The first-order valence-corrected chi connectivity index (χ1v) is 6.88. The Morgan fingerprint density at radius 3 is 2.43 bits per heavy atom. The summed E-state index contributed by atoms with van der Waals surface area (Å²) in [5.74, 6) is -0.463. The van der Waals surface area contributed by atoms with Gasteiger partial charge in [0.15, 0.2) is 0 Å². The Hall–Kier alpha value is -2.20. The first-order chi connectivity index (χ1) is 10.1. The monoisotopic (exact) mass is 286 g/mol. The second kappa shape index (κ2) is 6.99. The quantitative estimate of drug-likeness (QED) is 0.887. The largest absolute Gasteiger partial charge is 0.352 e. The Bertz CT molecular complexity index is 623. The van der Waals surface area contributed by atoms with Crippen LogP contribution in [0.5, 0.6) is 0 Å². The van der Waals surface area contributed by atoms with Crippen molar-refractivity contribution >= 4 is 5.91 Å². The van der Waals surface area contributed by atoms with E-state index in [1.807, 2.05) is 31.2 Å². The van der Waals surface area contributed by atoms with Gasteiger partial charge in [-0.2, -0.15) is 0 Å². The number of amides is 1. The van der Waals surface area contributed by atoms with Crippen molar-refractivity contribution < 1.29 is 9.18 Å². The van der Waals surface area contributed by atoms with Gasteiger partial charge in [0.25, 0.3) is 0 Å². The molecule has 3 N–H and O–H groups in total. The molecule has 0 bridgehead atoms. The molecule has 0 unspecified atom stereocenters. The summed E-state index contributed by atoms with van der Waals surface area (Å²) in [7, 11) is 0. The van der Waals surface area contributed by atoms with Gasteiger partial charge >= 0.3 is 0 Å². The third kappa shape index (κ3) is 4.39. The summed E-state index contributed by atoms with van der Waals surface area (Å²) < 4.78 is 13.8. The standard InChI is InChI=1S/C17H19FN2O/c1-12-2-4-13(5-3-12)9-17(21)20-11-15-7-6-14(10-19)8-16(15)18/h2-8H,9-11,19H2,1H3,(H,20,21). The molecule has 4 heteroatoms. The molecule has 0 aliphatic heterocycles. The Balaban J connectivity index is 1.90. The molecule has 0 fully saturated rings. The first-order valence-electron chi connectivity index (χ1n) is 6.88. The fraction of sp³-hybridized carbons (Fsp3) is 0.235. The van der Waals surface area contributed by atoms with E-state index in [2.05, 4.69) is 5.32 Å². The number of carbonyl (C=O) groups is 1. The van der Waals surface area contributed by atoms with E-state index in [1.54, 1.807) is 12.1 Å². The average molecular weight is 286 g/mol. The molecule has 0 atom stereocenters. The highest BCUT2D eigenvalue weighted by molar-refractivity contribution is 5.78. The van der Waals surface area contributed by atoms with Gasteiger partial charge in [-0.15, -0.1) is 0 Å². The molecule has 0 aliphatic carbocycles. The number of aryl methyl sites for hydroxylation is 1. The Morgan fingerprint density at radius 2 is 1.81 bits per heavy atom. The third-order valence-electron chi connectivity index (χ3n) is 3.31. The summed E-state index contributed by atoms with van der Waals surface area (Å²) in [4.78, 5) is 11.9. The van der Waals surface area contributed by atoms with Gasteiger partial charge in [0.05, 0.1) is 6.42 Å². The van der Waals surface area contributed by atoms with Crippen molar-refractivity contribution in [2.45, 2.75) is 26.4 Å². The van der Waals surface area contributed by atoms with Gasteiger partial charge in [-0.25, -0.2) is 4.39 Å². The normalized spacial score (nSPS) is 10.4. The predicted octanol–water partition coefficient (Wildman–Crippen LogP) is 2.45. The minimum Gasteiger partial charge on any atom is -0.352 e. The Labute approximate surface area is 124 Å². The molecule has 1 amide bonds. The van der Waals surface area contributed by atoms with Gasteiger partial charge in [0, 0.05) is 18.7 Å². The van der Waals surface area contributed by atoms with Crippen molar-refractivity contribution in [2.24, 2.45) is 5.73 Å². The van der Waals surface area contributed by atoms with Crippen LogP contribution in [0, 0.1) is 12.7 Å². The summed E-state index contributed by atoms with van der Waals surface area (Å²) in [6.07, 6.45) is 0.294. The Morgan fingerprint density at radius 1 is 1.14 bits per heavy atom. The minimum absolute atomic E-state index is 0.124. The van der Waals surface area contributed by atoms with Crippen LogP contribution in [-0.4, -0.2) is 5.91 Å². The average Bonchev–Trinajstić information content (AvgIpc) is 2.48. The summed E-state index contributed by atoms with van der Waals surface area (Å²) in [5.41, 5.74) is 8.75. The smallest absolute Gasteiger partial charge is 0.224 e. The zero-order valence-corrected chi connectivity index (χ0v) is 12.0. The minimum atomic E-state index is -0.339. The maximum atomic E-state index is 13.8. The summed E-state index contributed by atoms with van der Waals surface area (Å²) in [6, 6.07) is 12.6. The molecule has 21 heavy (non-hydrogen) atoms. The van der Waals surface area contributed by atoms with Crippen LogP contribution in [0.4, 0.5) is 4.39 Å². The molecule has 0 radical (unpaired) electrons. The summed E-state index contributed by atoms with van der Waals surface area (Å²) in [5, 5.41) is 2.73.